The summed E-state index contributed by atoms with van der Waals surface area (Å²) < 4.78 is 0. The summed E-state index contributed by atoms with van der Waals surface area (Å²) in [7, 11) is -11.5. The van der Waals surface area contributed by atoms with Crippen molar-refractivity contribution in [3.8, 4) is 0 Å². The minimum absolute atomic E-state index is 0. The fourth-order valence-electron chi connectivity index (χ4n) is 0. The van der Waals surface area contributed by atoms with Crippen LogP contribution in [0, 0.1) is 0 Å². The molecule has 12 N–H and O–H groups in total. The Morgan fingerprint density at radius 3 is 0.294 bits per heavy atom. The van der Waals surface area contributed by atoms with Crippen LogP contribution in [0.1, 0.15) is 0 Å². The van der Waals surface area contributed by atoms with E-state index < -0.39 is 34.4 Å². The molecule has 0 saturated heterocycles. The third kappa shape index (κ3) is 1250. The minimum Gasteiger partial charge on any atom is -0.195 e. The van der Waals surface area contributed by atoms with Gasteiger partial charge >= 0.3 is 34.4 Å². The molecule has 0 radical (unpaired) electrons. The van der Waals surface area contributed by atoms with E-state index in [9.17, 15) is 0 Å². The van der Waals surface area contributed by atoms with Crippen LogP contribution in [0.4, 0.5) is 0 Å². The van der Waals surface area contributed by atoms with E-state index in [1.54, 1.807) is 0 Å². The second-order valence-electron chi connectivity index (χ2n) is 1.20. The zero-order valence-corrected chi connectivity index (χ0v) is 13.2. The fourth-order valence-corrected chi connectivity index (χ4v) is 0. The molecule has 0 amide bonds. The van der Waals surface area contributed by atoms with E-state index in [4.69, 9.17) is 58.7 Å². The normalized spacial score (nSPS) is 8.47. The van der Waals surface area contributed by atoms with Gasteiger partial charge in [0.15, 0.2) is 0 Å². The molecule has 0 unspecified atom stereocenters. The molecule has 0 spiro atoms. The second-order valence-corrected chi connectivity index (χ2v) is 3.60. The molecule has 0 atom stereocenters. The minimum atomic E-state index is -2.88. The average Bonchev–Trinajstić information content (AvgIpc) is 1.76. The second kappa shape index (κ2) is 26.5. The smallest absolute Gasteiger partial charge is 0.195 e. The van der Waals surface area contributed by atoms with Crippen molar-refractivity contribution in [2.24, 2.45) is 0 Å². The van der Waals surface area contributed by atoms with Crippen LogP contribution in [0.25, 0.3) is 0 Å². The maximum Gasteiger partial charge on any atom is 0.390 e. The molecule has 0 aliphatic rings. The predicted molar refractivity (Wildman–Crippen MR) is 59.9 cm³/mol. The maximum absolute atomic E-state index is 7.27. The molecule has 0 saturated carbocycles. The van der Waals surface area contributed by atoms with Crippen LogP contribution in [0.5, 0.6) is 0 Å². The summed E-state index contributed by atoms with van der Waals surface area (Å²) >= 11 is 0. The van der Waals surface area contributed by atoms with Crippen molar-refractivity contribution in [1.29, 1.82) is 0 Å². The molecule has 0 aromatic heterocycles. The van der Waals surface area contributed by atoms with Gasteiger partial charge in [0.1, 0.15) is 0 Å². The summed E-state index contributed by atoms with van der Waals surface area (Å²) in [4.78, 5) is 87.2. The molecule has 0 aromatic carbocycles. The summed E-state index contributed by atoms with van der Waals surface area (Å²) in [5.41, 5.74) is 0. The number of hydrogen-bond acceptors (Lipinski definition) is 12. The summed E-state index contributed by atoms with van der Waals surface area (Å²) in [6, 6.07) is 0. The van der Waals surface area contributed by atoms with Crippen molar-refractivity contribution in [2.45, 2.75) is 0 Å². The molecular weight excluding hydrogens is 422 g/mol. The Labute approximate surface area is 114 Å². The van der Waals surface area contributed by atoms with Crippen LogP contribution in [0.3, 0.4) is 0 Å². The molecule has 0 heterocycles. The van der Waals surface area contributed by atoms with E-state index in [0.29, 0.717) is 0 Å². The standard InChI is InChI=1S/4H4O3P.Pd/c4*1-4(2)3;/h4*1-4H;/q4*+1;. The first kappa shape index (κ1) is 31.3. The first-order valence-electron chi connectivity index (χ1n) is 2.68. The molecule has 0 aromatic rings. The predicted octanol–water partition coefficient (Wildman–Crippen LogP) is -4.31. The summed E-state index contributed by atoms with van der Waals surface area (Å²) in [5, 5.41) is 0. The van der Waals surface area contributed by atoms with Crippen LogP contribution in [-0.2, 0) is 20.4 Å². The third-order valence-electron chi connectivity index (χ3n) is 0. The van der Waals surface area contributed by atoms with E-state index in [0.717, 1.165) is 0 Å². The van der Waals surface area contributed by atoms with Crippen LogP contribution in [-0.4, -0.2) is 58.7 Å². The summed E-state index contributed by atoms with van der Waals surface area (Å²) in [6.45, 7) is 0. The Kier molecular flexibility index (Phi) is 48.8. The molecule has 114 valence electrons. The van der Waals surface area contributed by atoms with Crippen LogP contribution >= 0.6 is 34.4 Å². The van der Waals surface area contributed by atoms with Gasteiger partial charge in [-0.2, -0.15) is 58.7 Å². The molecule has 0 rings (SSSR count). The largest absolute Gasteiger partial charge is 0.390 e. The van der Waals surface area contributed by atoms with Crippen molar-refractivity contribution in [2.75, 3.05) is 0 Å². The maximum atomic E-state index is 7.27. The SMILES string of the molecule is O[PH+](O)O.O[PH+](O)O.O[PH+](O)O.O[PH+](O)O.[Pd]. The van der Waals surface area contributed by atoms with Crippen molar-refractivity contribution in [3.05, 3.63) is 0 Å². The number of hydrogen-bond donors (Lipinski definition) is 12. The van der Waals surface area contributed by atoms with Crippen molar-refractivity contribution < 1.29 is 79.1 Å². The van der Waals surface area contributed by atoms with Gasteiger partial charge in [0, 0.05) is 20.4 Å². The van der Waals surface area contributed by atoms with Crippen LogP contribution in [0.15, 0.2) is 0 Å². The Balaban J connectivity index is -0.0000000369. The Morgan fingerprint density at radius 1 is 0.294 bits per heavy atom. The van der Waals surface area contributed by atoms with E-state index in [1.165, 1.54) is 0 Å². The molecule has 17 heavy (non-hydrogen) atoms. The first-order chi connectivity index (χ1) is 6.93. The van der Waals surface area contributed by atoms with E-state index in [-0.39, 0.29) is 20.4 Å². The molecule has 17 heteroatoms. The fraction of sp³-hybridized carbons (Fsp3) is 0. The topological polar surface area (TPSA) is 243 Å². The molecule has 0 aliphatic carbocycles. The van der Waals surface area contributed by atoms with Gasteiger partial charge in [-0.05, 0) is 0 Å². The van der Waals surface area contributed by atoms with Crippen LogP contribution in [0.2, 0.25) is 0 Å². The number of rotatable bonds is 0. The van der Waals surface area contributed by atoms with E-state index in [1.807, 2.05) is 0 Å². The monoisotopic (exact) mass is 438 g/mol. The molecule has 12 nitrogen and oxygen atoms in total. The van der Waals surface area contributed by atoms with Crippen LogP contribution < -0.4 is 0 Å². The van der Waals surface area contributed by atoms with Gasteiger partial charge in [-0.1, -0.05) is 0 Å². The van der Waals surface area contributed by atoms with Gasteiger partial charge in [-0.25, -0.2) is 0 Å². The Morgan fingerprint density at radius 2 is 0.294 bits per heavy atom. The molecular formula is H16O12P4Pd+4. The molecule has 0 bridgehead atoms. The zero-order valence-electron chi connectivity index (χ0n) is 7.68. The third-order valence-corrected chi connectivity index (χ3v) is 0. The van der Waals surface area contributed by atoms with E-state index in [2.05, 4.69) is 0 Å². The first-order valence-corrected chi connectivity index (χ1v) is 8.05. The van der Waals surface area contributed by atoms with Gasteiger partial charge in [0.05, 0.1) is 0 Å². The van der Waals surface area contributed by atoms with Crippen molar-refractivity contribution in [1.82, 2.24) is 0 Å². The Bertz CT molecular complexity index is 61.5. The molecule has 0 aliphatic heterocycles. The van der Waals surface area contributed by atoms with Crippen molar-refractivity contribution in [3.63, 3.8) is 0 Å². The average molecular weight is 438 g/mol. The van der Waals surface area contributed by atoms with E-state index >= 15 is 0 Å². The Hall–Kier alpha value is 1.90. The summed E-state index contributed by atoms with van der Waals surface area (Å²) in [5.74, 6) is 0. The van der Waals surface area contributed by atoms with Gasteiger partial charge < -0.3 is 0 Å². The molecule has 0 fully saturated rings. The van der Waals surface area contributed by atoms with Gasteiger partial charge in [-0.15, -0.1) is 0 Å². The van der Waals surface area contributed by atoms with Gasteiger partial charge in [-0.3, -0.25) is 0 Å². The van der Waals surface area contributed by atoms with Crippen molar-refractivity contribution >= 4 is 34.4 Å². The van der Waals surface area contributed by atoms with Gasteiger partial charge in [0.25, 0.3) is 0 Å². The summed E-state index contributed by atoms with van der Waals surface area (Å²) in [6.07, 6.45) is 0. The zero-order chi connectivity index (χ0) is 14.3. The quantitative estimate of drug-likeness (QED) is 0.127. The van der Waals surface area contributed by atoms with Gasteiger partial charge in [0.2, 0.25) is 0 Å².